The summed E-state index contributed by atoms with van der Waals surface area (Å²) in [5.41, 5.74) is 0. The SMILES string of the molecule is CSCCC(NC(=O)C(CO)NC(=O)C1CCCN1)C(=O)NC(CC(=O)O)C(=O)O. The van der Waals surface area contributed by atoms with E-state index in [0.29, 0.717) is 18.7 Å². The van der Waals surface area contributed by atoms with Crippen molar-refractivity contribution in [1.29, 1.82) is 0 Å². The van der Waals surface area contributed by atoms with Crippen LogP contribution in [0.3, 0.4) is 0 Å². The third-order valence-corrected chi connectivity index (χ3v) is 5.07. The van der Waals surface area contributed by atoms with Gasteiger partial charge < -0.3 is 36.6 Å². The molecule has 4 unspecified atom stereocenters. The number of aliphatic hydroxyl groups is 1. The molecule has 1 aliphatic rings. The normalized spacial score (nSPS) is 18.7. The molecule has 4 atom stereocenters. The Balaban J connectivity index is 2.78. The third kappa shape index (κ3) is 8.55. The molecule has 1 heterocycles. The lowest BCUT2D eigenvalue weighted by Crippen LogP contribution is -2.58. The molecule has 3 amide bonds. The number of carbonyl (C=O) groups excluding carboxylic acids is 3. The number of hydrogen-bond acceptors (Lipinski definition) is 8. The summed E-state index contributed by atoms with van der Waals surface area (Å²) in [6.07, 6.45) is 2.49. The van der Waals surface area contributed by atoms with Gasteiger partial charge >= 0.3 is 11.9 Å². The predicted molar refractivity (Wildman–Crippen MR) is 107 cm³/mol. The summed E-state index contributed by atoms with van der Waals surface area (Å²) in [6.45, 7) is -0.0238. The van der Waals surface area contributed by atoms with Crippen LogP contribution in [0.2, 0.25) is 0 Å². The minimum atomic E-state index is -1.66. The van der Waals surface area contributed by atoms with Crippen molar-refractivity contribution in [2.24, 2.45) is 0 Å². The molecule has 1 rings (SSSR count). The van der Waals surface area contributed by atoms with Gasteiger partial charge in [-0.3, -0.25) is 19.2 Å². The molecule has 0 aromatic rings. The topological polar surface area (TPSA) is 194 Å². The molecule has 0 aromatic heterocycles. The number of amides is 3. The fourth-order valence-electron chi connectivity index (χ4n) is 2.80. The highest BCUT2D eigenvalue weighted by Gasteiger charge is 2.31. The van der Waals surface area contributed by atoms with Crippen molar-refractivity contribution in [2.75, 3.05) is 25.2 Å². The smallest absolute Gasteiger partial charge is 0.326 e. The number of nitrogens with one attached hydrogen (secondary N) is 4. The largest absolute Gasteiger partial charge is 0.481 e. The lowest BCUT2D eigenvalue weighted by molar-refractivity contribution is -0.147. The van der Waals surface area contributed by atoms with Gasteiger partial charge in [-0.15, -0.1) is 0 Å². The Morgan fingerprint density at radius 2 is 1.67 bits per heavy atom. The maximum absolute atomic E-state index is 12.5. The zero-order valence-electron chi connectivity index (χ0n) is 16.6. The first-order valence-corrected chi connectivity index (χ1v) is 10.8. The predicted octanol–water partition coefficient (Wildman–Crippen LogP) is -2.50. The highest BCUT2D eigenvalue weighted by atomic mass is 32.2. The molecule has 0 aliphatic carbocycles. The van der Waals surface area contributed by atoms with Gasteiger partial charge in [-0.1, -0.05) is 0 Å². The van der Waals surface area contributed by atoms with Crippen LogP contribution in [0.25, 0.3) is 0 Å². The number of rotatable bonds is 13. The third-order valence-electron chi connectivity index (χ3n) is 4.43. The van der Waals surface area contributed by atoms with E-state index in [1.807, 2.05) is 0 Å². The Kier molecular flexibility index (Phi) is 11.1. The molecule has 0 spiro atoms. The molecule has 13 heteroatoms. The molecule has 12 nitrogen and oxygen atoms in total. The van der Waals surface area contributed by atoms with Gasteiger partial charge in [-0.25, -0.2) is 4.79 Å². The quantitative estimate of drug-likeness (QED) is 0.158. The Bertz CT molecular complexity index is 641. The number of carboxylic acid groups (broad SMARTS) is 2. The standard InChI is InChI=1S/C17H28N4O8S/c1-30-6-4-10(15(26)20-11(17(28)29)7-13(23)24)19-16(27)12(8-22)21-14(25)9-3-2-5-18-9/h9-12,18,22H,2-8H2,1H3,(H,19,27)(H,20,26)(H,21,25)(H,23,24)(H,28,29). The van der Waals surface area contributed by atoms with Crippen LogP contribution >= 0.6 is 11.8 Å². The second kappa shape index (κ2) is 13.0. The van der Waals surface area contributed by atoms with Crippen molar-refractivity contribution in [2.45, 2.75) is 49.9 Å². The molecular weight excluding hydrogens is 420 g/mol. The van der Waals surface area contributed by atoms with Gasteiger partial charge in [0, 0.05) is 0 Å². The van der Waals surface area contributed by atoms with Crippen molar-refractivity contribution < 1.29 is 39.3 Å². The second-order valence-electron chi connectivity index (χ2n) is 6.73. The van der Waals surface area contributed by atoms with Gasteiger partial charge in [0.05, 0.1) is 19.1 Å². The van der Waals surface area contributed by atoms with Crippen molar-refractivity contribution >= 4 is 41.4 Å². The minimum absolute atomic E-state index is 0.133. The maximum atomic E-state index is 12.5. The first-order valence-electron chi connectivity index (χ1n) is 9.38. The molecule has 0 saturated carbocycles. The van der Waals surface area contributed by atoms with Gasteiger partial charge in [0.25, 0.3) is 0 Å². The summed E-state index contributed by atoms with van der Waals surface area (Å²) < 4.78 is 0. The molecular formula is C17H28N4O8S. The van der Waals surface area contributed by atoms with Gasteiger partial charge in [0.2, 0.25) is 17.7 Å². The summed E-state index contributed by atoms with van der Waals surface area (Å²) in [6, 6.07) is -4.59. The summed E-state index contributed by atoms with van der Waals surface area (Å²) in [7, 11) is 0. The first kappa shape index (κ1) is 25.7. The van der Waals surface area contributed by atoms with Gasteiger partial charge in [-0.2, -0.15) is 11.8 Å². The Morgan fingerprint density at radius 3 is 2.17 bits per heavy atom. The minimum Gasteiger partial charge on any atom is -0.481 e. The molecule has 7 N–H and O–H groups in total. The Morgan fingerprint density at radius 1 is 1.03 bits per heavy atom. The van der Waals surface area contributed by atoms with E-state index in [1.165, 1.54) is 11.8 Å². The van der Waals surface area contributed by atoms with Crippen molar-refractivity contribution in [3.05, 3.63) is 0 Å². The highest BCUT2D eigenvalue weighted by molar-refractivity contribution is 7.98. The Hall–Kier alpha value is -2.38. The van der Waals surface area contributed by atoms with E-state index in [0.717, 1.165) is 6.42 Å². The Labute approximate surface area is 177 Å². The average Bonchev–Trinajstić information content (AvgIpc) is 3.22. The summed E-state index contributed by atoms with van der Waals surface area (Å²) in [4.78, 5) is 59.1. The van der Waals surface area contributed by atoms with Gasteiger partial charge in [-0.05, 0) is 37.8 Å². The lowest BCUT2D eigenvalue weighted by Gasteiger charge is -2.24. The van der Waals surface area contributed by atoms with E-state index in [9.17, 15) is 29.1 Å². The van der Waals surface area contributed by atoms with Crippen LogP contribution in [-0.4, -0.2) is 94.3 Å². The van der Waals surface area contributed by atoms with Crippen molar-refractivity contribution in [1.82, 2.24) is 21.3 Å². The van der Waals surface area contributed by atoms with E-state index in [4.69, 9.17) is 10.2 Å². The maximum Gasteiger partial charge on any atom is 0.326 e. The van der Waals surface area contributed by atoms with Crippen LogP contribution in [0, 0.1) is 0 Å². The average molecular weight is 448 g/mol. The summed E-state index contributed by atoms with van der Waals surface area (Å²) in [5, 5.41) is 37.2. The summed E-state index contributed by atoms with van der Waals surface area (Å²) in [5.74, 6) is -4.61. The molecule has 1 fully saturated rings. The number of thioether (sulfide) groups is 1. The van der Waals surface area contributed by atoms with Crippen LogP contribution in [0.4, 0.5) is 0 Å². The van der Waals surface area contributed by atoms with Gasteiger partial charge in [0.15, 0.2) is 0 Å². The second-order valence-corrected chi connectivity index (χ2v) is 7.72. The molecule has 0 aromatic carbocycles. The van der Waals surface area contributed by atoms with Crippen LogP contribution < -0.4 is 21.3 Å². The number of aliphatic hydroxyl groups excluding tert-OH is 1. The van der Waals surface area contributed by atoms with Crippen LogP contribution in [-0.2, 0) is 24.0 Å². The van der Waals surface area contributed by atoms with E-state index in [1.54, 1.807) is 6.26 Å². The van der Waals surface area contributed by atoms with Crippen LogP contribution in [0.5, 0.6) is 0 Å². The fraction of sp³-hybridized carbons (Fsp3) is 0.706. The van der Waals surface area contributed by atoms with E-state index in [-0.39, 0.29) is 6.42 Å². The van der Waals surface area contributed by atoms with Crippen molar-refractivity contribution in [3.63, 3.8) is 0 Å². The number of hydrogen-bond donors (Lipinski definition) is 7. The first-order chi connectivity index (χ1) is 14.2. The monoisotopic (exact) mass is 448 g/mol. The number of carboxylic acids is 2. The zero-order chi connectivity index (χ0) is 22.7. The highest BCUT2D eigenvalue weighted by Crippen LogP contribution is 2.06. The van der Waals surface area contributed by atoms with Crippen LogP contribution in [0.15, 0.2) is 0 Å². The molecule has 30 heavy (non-hydrogen) atoms. The lowest BCUT2D eigenvalue weighted by atomic mass is 10.1. The number of carbonyl (C=O) groups is 5. The summed E-state index contributed by atoms with van der Waals surface area (Å²) >= 11 is 1.38. The van der Waals surface area contributed by atoms with E-state index in [2.05, 4.69) is 21.3 Å². The fourth-order valence-corrected chi connectivity index (χ4v) is 3.27. The zero-order valence-corrected chi connectivity index (χ0v) is 17.4. The molecule has 1 aliphatic heterocycles. The van der Waals surface area contributed by atoms with E-state index < -0.39 is 66.9 Å². The molecule has 1 saturated heterocycles. The molecule has 170 valence electrons. The molecule has 0 radical (unpaired) electrons. The van der Waals surface area contributed by atoms with E-state index >= 15 is 0 Å². The van der Waals surface area contributed by atoms with Crippen molar-refractivity contribution in [3.8, 4) is 0 Å². The van der Waals surface area contributed by atoms with Crippen LogP contribution in [0.1, 0.15) is 25.7 Å². The number of aliphatic carboxylic acids is 2. The molecule has 0 bridgehead atoms. The van der Waals surface area contributed by atoms with Gasteiger partial charge in [0.1, 0.15) is 18.1 Å².